The lowest BCUT2D eigenvalue weighted by Gasteiger charge is -2.32. The first-order valence-electron chi connectivity index (χ1n) is 10.5. The Balaban J connectivity index is 1.29. The van der Waals surface area contributed by atoms with E-state index in [4.69, 9.17) is 9.47 Å². The van der Waals surface area contributed by atoms with Crippen LogP contribution in [0.5, 0.6) is 5.75 Å². The van der Waals surface area contributed by atoms with E-state index in [0.29, 0.717) is 24.0 Å². The van der Waals surface area contributed by atoms with Gasteiger partial charge in [-0.25, -0.2) is 0 Å². The maximum absolute atomic E-state index is 12.8. The Labute approximate surface area is 166 Å². The summed E-state index contributed by atoms with van der Waals surface area (Å²) in [6.45, 7) is 2.96. The number of nitrogens with zero attached hydrogens (tertiary/aromatic N) is 2. The summed E-state index contributed by atoms with van der Waals surface area (Å²) in [5.74, 6) is 1.48. The molecule has 2 saturated heterocycles. The number of methoxy groups -OCH3 is 1. The third kappa shape index (κ3) is 4.32. The van der Waals surface area contributed by atoms with Crippen molar-refractivity contribution in [1.29, 1.82) is 0 Å². The van der Waals surface area contributed by atoms with E-state index in [1.165, 1.54) is 0 Å². The molecular formula is C22H30N2O4. The van der Waals surface area contributed by atoms with Gasteiger partial charge in [-0.3, -0.25) is 9.59 Å². The van der Waals surface area contributed by atoms with Crippen LogP contribution in [-0.2, 0) is 9.53 Å². The van der Waals surface area contributed by atoms with Crippen LogP contribution in [0.4, 0.5) is 0 Å². The van der Waals surface area contributed by atoms with Crippen molar-refractivity contribution < 1.29 is 19.1 Å². The number of hydrogen-bond donors (Lipinski definition) is 0. The van der Waals surface area contributed by atoms with Crippen molar-refractivity contribution in [2.24, 2.45) is 5.92 Å². The lowest BCUT2D eigenvalue weighted by Crippen LogP contribution is -2.42. The summed E-state index contributed by atoms with van der Waals surface area (Å²) >= 11 is 0. The van der Waals surface area contributed by atoms with Crippen LogP contribution in [0.15, 0.2) is 24.3 Å². The highest BCUT2D eigenvalue weighted by Crippen LogP contribution is 2.32. The lowest BCUT2D eigenvalue weighted by molar-refractivity contribution is -0.134. The van der Waals surface area contributed by atoms with Crippen LogP contribution in [0.1, 0.15) is 48.9 Å². The van der Waals surface area contributed by atoms with Crippen molar-refractivity contribution in [3.63, 3.8) is 0 Å². The monoisotopic (exact) mass is 386 g/mol. The van der Waals surface area contributed by atoms with E-state index >= 15 is 0 Å². The normalized spacial score (nSPS) is 23.1. The molecule has 0 radical (unpaired) electrons. The zero-order chi connectivity index (χ0) is 19.5. The fraction of sp³-hybridized carbons (Fsp3) is 0.636. The zero-order valence-electron chi connectivity index (χ0n) is 16.6. The minimum atomic E-state index is 0.0676. The third-order valence-electron chi connectivity index (χ3n) is 6.08. The number of benzene rings is 1. The predicted molar refractivity (Wildman–Crippen MR) is 105 cm³/mol. The minimum absolute atomic E-state index is 0.0676. The van der Waals surface area contributed by atoms with Crippen LogP contribution in [-0.4, -0.2) is 67.1 Å². The molecule has 1 aromatic carbocycles. The summed E-state index contributed by atoms with van der Waals surface area (Å²) in [6.07, 6.45) is 6.02. The molecule has 3 fully saturated rings. The van der Waals surface area contributed by atoms with E-state index in [0.717, 1.165) is 63.9 Å². The topological polar surface area (TPSA) is 59.1 Å². The van der Waals surface area contributed by atoms with Gasteiger partial charge < -0.3 is 19.3 Å². The van der Waals surface area contributed by atoms with Crippen molar-refractivity contribution in [2.45, 2.75) is 50.7 Å². The van der Waals surface area contributed by atoms with Gasteiger partial charge in [0.1, 0.15) is 11.9 Å². The molecule has 0 spiro atoms. The number of piperidine rings is 1. The molecule has 1 aromatic rings. The molecule has 6 heteroatoms. The predicted octanol–water partition coefficient (Wildman–Crippen LogP) is 2.72. The largest absolute Gasteiger partial charge is 0.490 e. The Morgan fingerprint density at radius 1 is 1.00 bits per heavy atom. The van der Waals surface area contributed by atoms with Gasteiger partial charge in [0.05, 0.1) is 12.6 Å². The maximum Gasteiger partial charge on any atom is 0.254 e. The van der Waals surface area contributed by atoms with Crippen LogP contribution in [0, 0.1) is 5.92 Å². The molecule has 0 unspecified atom stereocenters. The third-order valence-corrected chi connectivity index (χ3v) is 6.08. The highest BCUT2D eigenvalue weighted by molar-refractivity contribution is 5.94. The maximum atomic E-state index is 12.8. The van der Waals surface area contributed by atoms with E-state index in [1.807, 2.05) is 34.1 Å². The van der Waals surface area contributed by atoms with Gasteiger partial charge in [0.15, 0.2) is 0 Å². The highest BCUT2D eigenvalue weighted by Gasteiger charge is 2.35. The van der Waals surface area contributed by atoms with Crippen LogP contribution in [0.2, 0.25) is 0 Å². The molecule has 2 heterocycles. The lowest BCUT2D eigenvalue weighted by atomic mass is 10.1. The molecule has 4 rings (SSSR count). The quantitative estimate of drug-likeness (QED) is 0.754. The molecule has 1 saturated carbocycles. The van der Waals surface area contributed by atoms with Crippen molar-refractivity contribution in [3.05, 3.63) is 29.8 Å². The molecule has 1 atom stereocenters. The first-order valence-corrected chi connectivity index (χ1v) is 10.5. The summed E-state index contributed by atoms with van der Waals surface area (Å²) in [6, 6.07) is 7.65. The molecule has 3 aliphatic rings. The van der Waals surface area contributed by atoms with Gasteiger partial charge in [0.25, 0.3) is 5.91 Å². The summed E-state index contributed by atoms with van der Waals surface area (Å²) in [4.78, 5) is 28.8. The number of likely N-dealkylation sites (tertiary alicyclic amines) is 2. The van der Waals surface area contributed by atoms with E-state index in [-0.39, 0.29) is 18.1 Å². The summed E-state index contributed by atoms with van der Waals surface area (Å²) in [5.41, 5.74) is 0.695. The summed E-state index contributed by atoms with van der Waals surface area (Å²) in [7, 11) is 1.68. The van der Waals surface area contributed by atoms with E-state index < -0.39 is 0 Å². The average Bonchev–Trinajstić information content (AvgIpc) is 3.47. The summed E-state index contributed by atoms with van der Waals surface area (Å²) in [5, 5.41) is 0. The van der Waals surface area contributed by atoms with E-state index in [1.54, 1.807) is 7.11 Å². The number of carbonyl (C=O) groups excluding carboxylic acids is 2. The Morgan fingerprint density at radius 3 is 2.36 bits per heavy atom. The fourth-order valence-electron chi connectivity index (χ4n) is 4.29. The molecule has 2 amide bonds. The molecule has 6 nitrogen and oxygen atoms in total. The SMILES string of the molecule is COC[C@@H]1CCCN1C(=O)c1ccc(OC2CCN(C(=O)C3CC3)CC2)cc1. The average molecular weight is 386 g/mol. The Morgan fingerprint density at radius 2 is 1.71 bits per heavy atom. The fourth-order valence-corrected chi connectivity index (χ4v) is 4.29. The number of rotatable bonds is 6. The van der Waals surface area contributed by atoms with Gasteiger partial charge in [0.2, 0.25) is 5.91 Å². The van der Waals surface area contributed by atoms with Crippen LogP contribution >= 0.6 is 0 Å². The molecular weight excluding hydrogens is 356 g/mol. The number of hydrogen-bond acceptors (Lipinski definition) is 4. The van der Waals surface area contributed by atoms with Crippen molar-refractivity contribution in [1.82, 2.24) is 9.80 Å². The van der Waals surface area contributed by atoms with Gasteiger partial charge in [-0.2, -0.15) is 0 Å². The molecule has 28 heavy (non-hydrogen) atoms. The number of carbonyl (C=O) groups is 2. The first-order chi connectivity index (χ1) is 13.7. The van der Waals surface area contributed by atoms with E-state index in [9.17, 15) is 9.59 Å². The molecule has 2 aliphatic heterocycles. The second-order valence-corrected chi connectivity index (χ2v) is 8.19. The zero-order valence-corrected chi connectivity index (χ0v) is 16.6. The molecule has 152 valence electrons. The van der Waals surface area contributed by atoms with Crippen molar-refractivity contribution >= 4 is 11.8 Å². The standard InChI is InChI=1S/C22H30N2O4/c1-27-15-18-3-2-12-24(18)22(26)17-6-8-19(9-7-17)28-20-10-13-23(14-11-20)21(25)16-4-5-16/h6-9,16,18,20H,2-5,10-15H2,1H3/t18-/m0/s1. The Bertz CT molecular complexity index is 693. The molecule has 0 bridgehead atoms. The van der Waals surface area contributed by atoms with Crippen molar-refractivity contribution in [2.75, 3.05) is 33.4 Å². The Kier molecular flexibility index (Phi) is 5.85. The van der Waals surface area contributed by atoms with E-state index in [2.05, 4.69) is 0 Å². The van der Waals surface area contributed by atoms with Gasteiger partial charge >= 0.3 is 0 Å². The van der Waals surface area contributed by atoms with Gasteiger partial charge in [0, 0.05) is 51.1 Å². The number of ether oxygens (including phenoxy) is 2. The smallest absolute Gasteiger partial charge is 0.254 e. The van der Waals surface area contributed by atoms with Gasteiger partial charge in [-0.1, -0.05) is 0 Å². The van der Waals surface area contributed by atoms with Crippen molar-refractivity contribution in [3.8, 4) is 5.75 Å². The van der Waals surface area contributed by atoms with Crippen LogP contribution in [0.25, 0.3) is 0 Å². The van der Waals surface area contributed by atoms with Gasteiger partial charge in [-0.05, 0) is 49.9 Å². The molecule has 1 aliphatic carbocycles. The second-order valence-electron chi connectivity index (χ2n) is 8.19. The molecule has 0 aromatic heterocycles. The minimum Gasteiger partial charge on any atom is -0.490 e. The van der Waals surface area contributed by atoms with Crippen LogP contribution in [0.3, 0.4) is 0 Å². The Hall–Kier alpha value is -2.08. The first kappa shape index (κ1) is 19.2. The summed E-state index contributed by atoms with van der Waals surface area (Å²) < 4.78 is 11.3. The van der Waals surface area contributed by atoms with Gasteiger partial charge in [-0.15, -0.1) is 0 Å². The highest BCUT2D eigenvalue weighted by atomic mass is 16.5. The second kappa shape index (κ2) is 8.52. The van der Waals surface area contributed by atoms with Crippen LogP contribution < -0.4 is 4.74 Å². The molecule has 0 N–H and O–H groups in total. The number of amides is 2.